The van der Waals surface area contributed by atoms with E-state index in [1.165, 1.54) is 16.8 Å². The summed E-state index contributed by atoms with van der Waals surface area (Å²) in [5, 5.41) is 21.4. The van der Waals surface area contributed by atoms with Crippen LogP contribution in [0.15, 0.2) is 24.0 Å². The van der Waals surface area contributed by atoms with Gasteiger partial charge in [0.15, 0.2) is 5.78 Å². The summed E-state index contributed by atoms with van der Waals surface area (Å²) >= 11 is 5.59. The number of hydrogen-bond acceptors (Lipinski definition) is 4. The molecule has 7 atom stereocenters. The number of rotatable bonds is 3. The minimum atomic E-state index is -0.953. The van der Waals surface area contributed by atoms with Crippen LogP contribution < -0.4 is 0 Å². The number of aliphatic hydroxyl groups is 1. The molecule has 3 saturated carbocycles. The second-order valence-corrected chi connectivity index (χ2v) is 10.4. The van der Waals surface area contributed by atoms with Gasteiger partial charge in [0.25, 0.3) is 0 Å². The number of aromatic nitrogens is 3. The summed E-state index contributed by atoms with van der Waals surface area (Å²) < 4.78 is 0. The number of Topliss-reactive ketones (excluding diaryl/α,β-unsaturated/α-hetero) is 1. The van der Waals surface area contributed by atoms with Crippen molar-refractivity contribution in [3.63, 3.8) is 0 Å². The zero-order valence-corrected chi connectivity index (χ0v) is 18.3. The average Bonchev–Trinajstić information content (AvgIpc) is 3.34. The van der Waals surface area contributed by atoms with E-state index >= 15 is 0 Å². The number of carbonyl (C=O) groups is 1. The number of fused-ring (bicyclic) bond motifs is 5. The van der Waals surface area contributed by atoms with Gasteiger partial charge in [-0.2, -0.15) is 15.0 Å². The molecular formula is C24H30ClN3O2. The van der Waals surface area contributed by atoms with Crippen molar-refractivity contribution in [3.8, 4) is 11.3 Å². The first-order valence-corrected chi connectivity index (χ1v) is 11.7. The van der Waals surface area contributed by atoms with E-state index in [9.17, 15) is 9.90 Å². The Morgan fingerprint density at radius 3 is 2.80 bits per heavy atom. The average molecular weight is 428 g/mol. The maximum absolute atomic E-state index is 13.1. The van der Waals surface area contributed by atoms with Crippen molar-refractivity contribution in [1.82, 2.24) is 15.0 Å². The Bertz CT molecular complexity index is 917. The van der Waals surface area contributed by atoms with Crippen LogP contribution in [0.2, 0.25) is 0 Å². The second-order valence-electron chi connectivity index (χ2n) is 10.2. The molecule has 0 saturated heterocycles. The van der Waals surface area contributed by atoms with Crippen molar-refractivity contribution in [2.24, 2.45) is 35.0 Å². The smallest absolute Gasteiger partial charge is 0.159 e. The number of hydrogen-bond donors (Lipinski definition) is 1. The lowest BCUT2D eigenvalue weighted by atomic mass is 9.51. The van der Waals surface area contributed by atoms with E-state index in [-0.39, 0.29) is 11.3 Å². The van der Waals surface area contributed by atoms with E-state index in [4.69, 9.17) is 11.6 Å². The molecule has 5 rings (SSSR count). The van der Waals surface area contributed by atoms with E-state index < -0.39 is 5.60 Å². The van der Waals surface area contributed by atoms with Gasteiger partial charge < -0.3 is 5.11 Å². The molecule has 0 spiro atoms. The molecule has 0 bridgehead atoms. The van der Waals surface area contributed by atoms with E-state index in [0.717, 1.165) is 32.1 Å². The van der Waals surface area contributed by atoms with Crippen LogP contribution in [-0.4, -0.2) is 31.5 Å². The summed E-state index contributed by atoms with van der Waals surface area (Å²) in [6, 6.07) is 0. The Hall–Kier alpha value is -1.64. The van der Waals surface area contributed by atoms with Gasteiger partial charge in [0, 0.05) is 17.7 Å². The molecule has 6 heteroatoms. The molecule has 3 fully saturated rings. The minimum Gasteiger partial charge on any atom is -0.377 e. The van der Waals surface area contributed by atoms with Crippen molar-refractivity contribution < 1.29 is 9.90 Å². The van der Waals surface area contributed by atoms with Crippen molar-refractivity contribution in [2.45, 2.75) is 70.4 Å². The van der Waals surface area contributed by atoms with Crippen LogP contribution in [0.4, 0.5) is 0 Å². The number of nitrogens with zero attached hydrogens (tertiary/aromatic N) is 3. The molecule has 4 aliphatic rings. The van der Waals surface area contributed by atoms with Crippen LogP contribution >= 0.6 is 11.6 Å². The number of allylic oxidation sites excluding steroid dienone is 1. The Morgan fingerprint density at radius 1 is 1.23 bits per heavy atom. The molecule has 1 heterocycles. The maximum atomic E-state index is 13.1. The molecule has 30 heavy (non-hydrogen) atoms. The van der Waals surface area contributed by atoms with Crippen LogP contribution in [0.25, 0.3) is 0 Å². The lowest BCUT2D eigenvalue weighted by molar-refractivity contribution is -0.130. The standard InChI is InChI=1S/C24H30ClN3O2/c1-23-8-6-18-17-7-9-24(30,10-11-25)14-16(17)2-3-19(18)20(23)4-5-21(23)22(29)15-28-26-12-13-27-28/h2,12-13,17-21,30H,3-9,14-15H2,1H3. The van der Waals surface area contributed by atoms with E-state index in [1.54, 1.807) is 12.4 Å². The maximum Gasteiger partial charge on any atom is 0.159 e. The number of carbonyl (C=O) groups excluding carboxylic acids is 1. The third kappa shape index (κ3) is 3.24. The summed E-state index contributed by atoms with van der Waals surface area (Å²) in [4.78, 5) is 14.7. The zero-order valence-electron chi connectivity index (χ0n) is 17.6. The topological polar surface area (TPSA) is 68.0 Å². The Balaban J connectivity index is 1.34. The Labute approximate surface area is 183 Å². The summed E-state index contributed by atoms with van der Waals surface area (Å²) in [5.74, 6) is 5.75. The van der Waals surface area contributed by atoms with Gasteiger partial charge in [0.2, 0.25) is 0 Å². The molecule has 1 aromatic rings. The van der Waals surface area contributed by atoms with Crippen molar-refractivity contribution in [1.29, 1.82) is 0 Å². The van der Waals surface area contributed by atoms with E-state index in [0.29, 0.717) is 48.8 Å². The second kappa shape index (κ2) is 7.50. The Morgan fingerprint density at radius 2 is 2.03 bits per heavy atom. The molecular weight excluding hydrogens is 398 g/mol. The van der Waals surface area contributed by atoms with Crippen molar-refractivity contribution in [2.75, 3.05) is 0 Å². The first-order chi connectivity index (χ1) is 14.4. The Kier molecular flexibility index (Phi) is 5.07. The SMILES string of the molecule is CC12CCC3C4CCC(O)(C#CCl)CC4=CCC3C1CCC2C(=O)Cn1nccn1. The number of ketones is 1. The fourth-order valence-corrected chi connectivity index (χ4v) is 7.77. The van der Waals surface area contributed by atoms with Crippen LogP contribution in [0.5, 0.6) is 0 Å². The molecule has 160 valence electrons. The van der Waals surface area contributed by atoms with Gasteiger partial charge >= 0.3 is 0 Å². The lowest BCUT2D eigenvalue weighted by Gasteiger charge is -2.54. The quantitative estimate of drug-likeness (QED) is 0.585. The van der Waals surface area contributed by atoms with E-state index in [2.05, 4.69) is 34.5 Å². The third-order valence-electron chi connectivity index (χ3n) is 8.94. The van der Waals surface area contributed by atoms with Gasteiger partial charge in [-0.3, -0.25) is 4.79 Å². The molecule has 0 radical (unpaired) electrons. The predicted octanol–water partition coefficient (Wildman–Crippen LogP) is 3.97. The highest BCUT2D eigenvalue weighted by molar-refractivity contribution is 6.30. The predicted molar refractivity (Wildman–Crippen MR) is 114 cm³/mol. The molecule has 1 N–H and O–H groups in total. The van der Waals surface area contributed by atoms with Gasteiger partial charge in [-0.25, -0.2) is 0 Å². The van der Waals surface area contributed by atoms with Crippen LogP contribution in [0.3, 0.4) is 0 Å². The van der Waals surface area contributed by atoms with Gasteiger partial charge in [0.1, 0.15) is 12.1 Å². The fourth-order valence-electron chi connectivity index (χ4n) is 7.59. The van der Waals surface area contributed by atoms with Gasteiger partial charge in [-0.05, 0) is 85.6 Å². The molecule has 5 nitrogen and oxygen atoms in total. The highest BCUT2D eigenvalue weighted by Crippen LogP contribution is 2.63. The first kappa shape index (κ1) is 20.3. The van der Waals surface area contributed by atoms with Crippen molar-refractivity contribution >= 4 is 17.4 Å². The van der Waals surface area contributed by atoms with E-state index in [1.807, 2.05) is 0 Å². The van der Waals surface area contributed by atoms with Crippen LogP contribution in [0, 0.1) is 46.3 Å². The van der Waals surface area contributed by atoms with Gasteiger partial charge in [-0.1, -0.05) is 24.5 Å². The fraction of sp³-hybridized carbons (Fsp3) is 0.708. The van der Waals surface area contributed by atoms with Gasteiger partial charge in [-0.15, -0.1) is 0 Å². The van der Waals surface area contributed by atoms with Gasteiger partial charge in [0.05, 0.1) is 12.4 Å². The highest BCUT2D eigenvalue weighted by Gasteiger charge is 2.57. The normalized spacial score (nSPS) is 42.2. The largest absolute Gasteiger partial charge is 0.377 e. The molecule has 7 unspecified atom stereocenters. The summed E-state index contributed by atoms with van der Waals surface area (Å²) in [5.41, 5.74) is 0.533. The summed E-state index contributed by atoms with van der Waals surface area (Å²) in [6.07, 6.45) is 13.5. The molecule has 1 aromatic heterocycles. The van der Waals surface area contributed by atoms with Crippen LogP contribution in [-0.2, 0) is 11.3 Å². The monoisotopic (exact) mass is 427 g/mol. The lowest BCUT2D eigenvalue weighted by Crippen LogP contribution is -2.48. The molecule has 0 aliphatic heterocycles. The minimum absolute atomic E-state index is 0.0935. The zero-order chi connectivity index (χ0) is 20.9. The molecule has 0 amide bonds. The molecule has 0 aromatic carbocycles. The third-order valence-corrected chi connectivity index (χ3v) is 9.03. The molecule has 4 aliphatic carbocycles. The first-order valence-electron chi connectivity index (χ1n) is 11.3. The van der Waals surface area contributed by atoms with Crippen molar-refractivity contribution in [3.05, 3.63) is 24.0 Å². The number of halogens is 1. The summed E-state index contributed by atoms with van der Waals surface area (Å²) in [7, 11) is 0. The van der Waals surface area contributed by atoms with Crippen LogP contribution in [0.1, 0.15) is 58.3 Å². The highest BCUT2D eigenvalue weighted by atomic mass is 35.5. The summed E-state index contributed by atoms with van der Waals surface area (Å²) in [6.45, 7) is 2.66.